The van der Waals surface area contributed by atoms with E-state index in [4.69, 9.17) is 4.42 Å². The molecule has 0 fully saturated rings. The summed E-state index contributed by atoms with van der Waals surface area (Å²) in [6.07, 6.45) is 7.26. The molecule has 0 radical (unpaired) electrons. The van der Waals surface area contributed by atoms with E-state index in [-0.39, 0.29) is 0 Å². The molecule has 1 heterocycles. The van der Waals surface area contributed by atoms with E-state index in [2.05, 4.69) is 32.7 Å². The van der Waals surface area contributed by atoms with Crippen LogP contribution in [0, 0.1) is 0 Å². The van der Waals surface area contributed by atoms with Crippen molar-refractivity contribution in [3.8, 4) is 0 Å². The fraction of sp³-hybridized carbons (Fsp3) is 0.786. The zero-order valence-electron chi connectivity index (χ0n) is 12.0. The first-order valence-electron chi connectivity index (χ1n) is 6.71. The van der Waals surface area contributed by atoms with Crippen molar-refractivity contribution in [1.82, 2.24) is 4.98 Å². The summed E-state index contributed by atoms with van der Waals surface area (Å²) in [5.41, 5.74) is 1.09. The van der Waals surface area contributed by atoms with Crippen LogP contribution in [0.4, 0.5) is 0 Å². The molecule has 0 unspecified atom stereocenters. The maximum absolute atomic E-state index is 5.25. The van der Waals surface area contributed by atoms with Crippen molar-refractivity contribution in [3.63, 3.8) is 0 Å². The lowest BCUT2D eigenvalue weighted by Gasteiger charge is -1.87. The molecule has 0 aromatic carbocycles. The van der Waals surface area contributed by atoms with Crippen molar-refractivity contribution < 1.29 is 4.42 Å². The van der Waals surface area contributed by atoms with Gasteiger partial charge in [-0.1, -0.05) is 54.4 Å². The summed E-state index contributed by atoms with van der Waals surface area (Å²) in [6, 6.07) is 0. The minimum absolute atomic E-state index is 0.885. The Morgan fingerprint density at radius 3 is 1.94 bits per heavy atom. The smallest absolute Gasteiger partial charge is 0.194 e. The Balaban J connectivity index is 0. The highest BCUT2D eigenvalue weighted by Crippen LogP contribution is 2.05. The van der Waals surface area contributed by atoms with Gasteiger partial charge in [0.25, 0.3) is 0 Å². The van der Waals surface area contributed by atoms with E-state index in [0.717, 1.165) is 37.3 Å². The highest BCUT2D eigenvalue weighted by molar-refractivity contribution is 4.96. The van der Waals surface area contributed by atoms with E-state index in [1.807, 2.05) is 13.8 Å². The van der Waals surface area contributed by atoms with Crippen LogP contribution in [0.15, 0.2) is 10.7 Å². The van der Waals surface area contributed by atoms with E-state index >= 15 is 0 Å². The molecule has 96 valence electrons. The number of oxazole rings is 1. The fourth-order valence-electron chi connectivity index (χ4n) is 1.05. The maximum atomic E-state index is 5.25. The third kappa shape index (κ3) is 9.75. The van der Waals surface area contributed by atoms with Crippen molar-refractivity contribution >= 4 is 0 Å². The summed E-state index contributed by atoms with van der Waals surface area (Å²) < 4.78 is 5.25. The Morgan fingerprint density at radius 2 is 1.50 bits per heavy atom. The molecule has 1 rings (SSSR count). The molecule has 0 bridgehead atoms. The van der Waals surface area contributed by atoms with Crippen molar-refractivity contribution in [2.24, 2.45) is 0 Å². The monoisotopic (exact) mass is 227 g/mol. The van der Waals surface area contributed by atoms with Gasteiger partial charge in [0.2, 0.25) is 0 Å². The zero-order chi connectivity index (χ0) is 12.8. The van der Waals surface area contributed by atoms with E-state index in [1.165, 1.54) is 6.42 Å². The van der Waals surface area contributed by atoms with Crippen molar-refractivity contribution in [1.29, 1.82) is 0 Å². The lowest BCUT2D eigenvalue weighted by molar-refractivity contribution is 0.491. The number of aryl methyl sites for hydroxylation is 2. The summed E-state index contributed by atoms with van der Waals surface area (Å²) in [6.45, 7) is 12.5. The van der Waals surface area contributed by atoms with Gasteiger partial charge in [-0.05, 0) is 12.8 Å². The summed E-state index contributed by atoms with van der Waals surface area (Å²) in [5.74, 6) is 0.885. The van der Waals surface area contributed by atoms with E-state index in [1.54, 1.807) is 6.26 Å². The van der Waals surface area contributed by atoms with Crippen molar-refractivity contribution in [2.45, 2.75) is 73.6 Å². The second-order valence-corrected chi connectivity index (χ2v) is 3.44. The molecule has 0 saturated heterocycles. The minimum atomic E-state index is 0.885. The first-order chi connectivity index (χ1) is 7.78. The van der Waals surface area contributed by atoms with Gasteiger partial charge in [0.1, 0.15) is 6.26 Å². The van der Waals surface area contributed by atoms with Crippen LogP contribution in [0.5, 0.6) is 0 Å². The first-order valence-corrected chi connectivity index (χ1v) is 6.71. The van der Waals surface area contributed by atoms with Crippen LogP contribution in [0.3, 0.4) is 0 Å². The largest absolute Gasteiger partial charge is 0.449 e. The van der Waals surface area contributed by atoms with Gasteiger partial charge < -0.3 is 4.42 Å². The van der Waals surface area contributed by atoms with Gasteiger partial charge in [-0.3, -0.25) is 0 Å². The van der Waals surface area contributed by atoms with Gasteiger partial charge in [-0.15, -0.1) is 0 Å². The van der Waals surface area contributed by atoms with E-state index < -0.39 is 0 Å². The van der Waals surface area contributed by atoms with Crippen LogP contribution < -0.4 is 0 Å². The highest BCUT2D eigenvalue weighted by atomic mass is 16.3. The van der Waals surface area contributed by atoms with Crippen LogP contribution in [0.25, 0.3) is 0 Å². The van der Waals surface area contributed by atoms with Gasteiger partial charge in [-0.2, -0.15) is 0 Å². The number of hydrogen-bond acceptors (Lipinski definition) is 2. The van der Waals surface area contributed by atoms with Crippen LogP contribution in [-0.4, -0.2) is 4.98 Å². The molecular weight excluding hydrogens is 198 g/mol. The lowest BCUT2D eigenvalue weighted by Crippen LogP contribution is -1.85. The third-order valence-corrected chi connectivity index (χ3v) is 1.57. The molecule has 0 atom stereocenters. The highest BCUT2D eigenvalue weighted by Gasteiger charge is 2.00. The van der Waals surface area contributed by atoms with Gasteiger partial charge in [0.15, 0.2) is 5.89 Å². The summed E-state index contributed by atoms with van der Waals surface area (Å²) >= 11 is 0. The molecule has 2 heteroatoms. The van der Waals surface area contributed by atoms with Gasteiger partial charge in [0, 0.05) is 6.42 Å². The lowest BCUT2D eigenvalue weighted by atomic mass is 10.3. The Morgan fingerprint density at radius 1 is 1.00 bits per heavy atom. The summed E-state index contributed by atoms with van der Waals surface area (Å²) in [5, 5.41) is 0. The summed E-state index contributed by atoms with van der Waals surface area (Å²) in [7, 11) is 0. The van der Waals surface area contributed by atoms with Crippen LogP contribution in [0.1, 0.15) is 72.4 Å². The molecule has 16 heavy (non-hydrogen) atoms. The van der Waals surface area contributed by atoms with Gasteiger partial charge >= 0.3 is 0 Å². The number of rotatable bonds is 4. The molecule has 1 aromatic heterocycles. The second-order valence-electron chi connectivity index (χ2n) is 3.44. The van der Waals surface area contributed by atoms with Crippen molar-refractivity contribution in [3.05, 3.63) is 17.8 Å². The van der Waals surface area contributed by atoms with E-state index in [0.29, 0.717) is 0 Å². The Hall–Kier alpha value is -0.790. The quantitative estimate of drug-likeness (QED) is 0.721. The molecule has 0 aliphatic rings. The maximum Gasteiger partial charge on any atom is 0.194 e. The molecule has 0 amide bonds. The zero-order valence-corrected chi connectivity index (χ0v) is 12.0. The first kappa shape index (κ1) is 17.6. The number of hydrogen-bond donors (Lipinski definition) is 0. The van der Waals surface area contributed by atoms with Crippen LogP contribution >= 0.6 is 0 Å². The van der Waals surface area contributed by atoms with Gasteiger partial charge in [0.05, 0.1) is 5.69 Å². The molecule has 0 saturated carbocycles. The van der Waals surface area contributed by atoms with E-state index in [9.17, 15) is 0 Å². The van der Waals surface area contributed by atoms with Gasteiger partial charge in [-0.25, -0.2) is 4.98 Å². The molecule has 0 N–H and O–H groups in total. The Bertz CT molecular complexity index is 198. The predicted molar refractivity (Wildman–Crippen MR) is 71.8 cm³/mol. The predicted octanol–water partition coefficient (Wildman–Crippen LogP) is 5.02. The Kier molecular flexibility index (Phi) is 15.6. The average molecular weight is 227 g/mol. The minimum Gasteiger partial charge on any atom is -0.449 e. The topological polar surface area (TPSA) is 26.0 Å². The summed E-state index contributed by atoms with van der Waals surface area (Å²) in [4.78, 5) is 4.32. The molecule has 0 aliphatic carbocycles. The number of nitrogens with zero attached hydrogens (tertiary/aromatic N) is 1. The second kappa shape index (κ2) is 14.2. The molecule has 1 aromatic rings. The third-order valence-electron chi connectivity index (χ3n) is 1.57. The normalized spacial score (nSPS) is 8.62. The molecule has 2 nitrogen and oxygen atoms in total. The van der Waals surface area contributed by atoms with Crippen LogP contribution in [0.2, 0.25) is 0 Å². The molecule has 0 aliphatic heterocycles. The number of aromatic nitrogens is 1. The average Bonchev–Trinajstić information content (AvgIpc) is 2.71. The molecule has 0 spiro atoms. The van der Waals surface area contributed by atoms with Crippen LogP contribution in [-0.2, 0) is 12.8 Å². The molecular formula is C14H29NO. The standard InChI is InChI=1S/C9H15NO.C3H8.C2H6/c1-3-5-8-7-11-9(10-8)6-4-2;1-3-2;1-2/h7H,3-6H2,1-2H3;3H2,1-2H3;1-2H3. The SMILES string of the molecule is CC.CCC.CCCc1coc(CCC)n1. The fourth-order valence-corrected chi connectivity index (χ4v) is 1.05. The Labute approximate surface area is 101 Å². The van der Waals surface area contributed by atoms with Crippen molar-refractivity contribution in [2.75, 3.05) is 0 Å².